The number of nitrogens with zero attached hydrogens (tertiary/aromatic N) is 1. The van der Waals surface area contributed by atoms with Gasteiger partial charge in [-0.25, -0.2) is 4.39 Å². The second-order valence-corrected chi connectivity index (χ2v) is 5.54. The van der Waals surface area contributed by atoms with Crippen molar-refractivity contribution < 1.29 is 4.39 Å². The maximum atomic E-state index is 13.1. The van der Waals surface area contributed by atoms with Gasteiger partial charge in [0.15, 0.2) is 0 Å². The zero-order valence-electron chi connectivity index (χ0n) is 11.9. The summed E-state index contributed by atoms with van der Waals surface area (Å²) in [4.78, 5) is 2.31. The Morgan fingerprint density at radius 3 is 2.61 bits per heavy atom. The maximum Gasteiger partial charge on any atom is 0.123 e. The summed E-state index contributed by atoms with van der Waals surface area (Å²) in [5.41, 5.74) is 7.16. The number of halogens is 1. The van der Waals surface area contributed by atoms with E-state index in [-0.39, 0.29) is 17.4 Å². The Bertz CT molecular complexity index is 377. The van der Waals surface area contributed by atoms with E-state index in [2.05, 4.69) is 32.7 Å². The van der Waals surface area contributed by atoms with Crippen LogP contribution in [0.3, 0.4) is 0 Å². The van der Waals surface area contributed by atoms with Crippen molar-refractivity contribution in [1.82, 2.24) is 4.90 Å². The Morgan fingerprint density at radius 2 is 2.06 bits per heavy atom. The van der Waals surface area contributed by atoms with Crippen LogP contribution < -0.4 is 5.73 Å². The summed E-state index contributed by atoms with van der Waals surface area (Å²) in [6.07, 6.45) is 1.93. The molecule has 18 heavy (non-hydrogen) atoms. The van der Waals surface area contributed by atoms with Crippen molar-refractivity contribution in [3.05, 3.63) is 35.6 Å². The lowest BCUT2D eigenvalue weighted by molar-refractivity contribution is 0.146. The number of rotatable bonds is 6. The Morgan fingerprint density at radius 1 is 1.39 bits per heavy atom. The van der Waals surface area contributed by atoms with Crippen LogP contribution in [-0.4, -0.2) is 24.0 Å². The van der Waals surface area contributed by atoms with Gasteiger partial charge in [0, 0.05) is 18.1 Å². The fourth-order valence-electron chi connectivity index (χ4n) is 1.81. The first kappa shape index (κ1) is 15.1. The van der Waals surface area contributed by atoms with Gasteiger partial charge in [-0.05, 0) is 51.4 Å². The quantitative estimate of drug-likeness (QED) is 0.841. The van der Waals surface area contributed by atoms with Gasteiger partial charge in [-0.1, -0.05) is 19.1 Å². The summed E-state index contributed by atoms with van der Waals surface area (Å²) in [5, 5.41) is 0. The molecule has 1 aromatic carbocycles. The van der Waals surface area contributed by atoms with Crippen LogP contribution in [0.25, 0.3) is 0 Å². The Kier molecular flexibility index (Phi) is 5.29. The van der Waals surface area contributed by atoms with Crippen LogP contribution in [0.15, 0.2) is 24.3 Å². The molecule has 0 bridgehead atoms. The van der Waals surface area contributed by atoms with E-state index in [0.29, 0.717) is 0 Å². The molecular weight excluding hydrogens is 227 g/mol. The van der Waals surface area contributed by atoms with Gasteiger partial charge >= 0.3 is 0 Å². The van der Waals surface area contributed by atoms with E-state index in [9.17, 15) is 4.39 Å². The van der Waals surface area contributed by atoms with Gasteiger partial charge in [-0.3, -0.25) is 0 Å². The molecule has 1 atom stereocenters. The second kappa shape index (κ2) is 6.30. The second-order valence-electron chi connectivity index (χ2n) is 5.54. The number of hydrogen-bond acceptors (Lipinski definition) is 2. The van der Waals surface area contributed by atoms with Gasteiger partial charge in [0.25, 0.3) is 0 Å². The number of nitrogens with two attached hydrogens (primary N) is 1. The Labute approximate surface area is 110 Å². The van der Waals surface area contributed by atoms with E-state index in [1.54, 1.807) is 6.07 Å². The molecule has 0 aliphatic heterocycles. The van der Waals surface area contributed by atoms with Crippen molar-refractivity contribution in [2.24, 2.45) is 5.73 Å². The lowest BCUT2D eigenvalue weighted by Gasteiger charge is -2.35. The van der Waals surface area contributed by atoms with Crippen LogP contribution in [0.4, 0.5) is 4.39 Å². The van der Waals surface area contributed by atoms with E-state index in [0.717, 1.165) is 24.9 Å². The summed E-state index contributed by atoms with van der Waals surface area (Å²) in [6, 6.07) is 6.47. The summed E-state index contributed by atoms with van der Waals surface area (Å²) in [5.74, 6) is -0.217. The lowest BCUT2D eigenvalue weighted by Crippen LogP contribution is -2.41. The van der Waals surface area contributed by atoms with Gasteiger partial charge in [-0.2, -0.15) is 0 Å². The molecule has 0 spiro atoms. The van der Waals surface area contributed by atoms with E-state index < -0.39 is 0 Å². The van der Waals surface area contributed by atoms with E-state index >= 15 is 0 Å². The van der Waals surface area contributed by atoms with E-state index in [4.69, 9.17) is 5.73 Å². The van der Waals surface area contributed by atoms with Crippen molar-refractivity contribution in [3.63, 3.8) is 0 Å². The molecule has 1 unspecified atom stereocenters. The van der Waals surface area contributed by atoms with Crippen molar-refractivity contribution in [2.45, 2.75) is 45.2 Å². The average Bonchev–Trinajstić information content (AvgIpc) is 2.35. The highest BCUT2D eigenvalue weighted by molar-refractivity contribution is 5.19. The highest BCUT2D eigenvalue weighted by atomic mass is 19.1. The predicted octanol–water partition coefficient (Wildman–Crippen LogP) is 3.34. The summed E-state index contributed by atoms with van der Waals surface area (Å²) >= 11 is 0. The molecule has 3 heteroatoms. The zero-order valence-corrected chi connectivity index (χ0v) is 11.9. The van der Waals surface area contributed by atoms with Crippen molar-refractivity contribution in [2.75, 3.05) is 13.6 Å². The molecule has 0 aromatic heterocycles. The molecule has 0 radical (unpaired) electrons. The molecule has 1 aromatic rings. The molecule has 1 rings (SSSR count). The molecule has 102 valence electrons. The third kappa shape index (κ3) is 4.07. The summed E-state index contributed by atoms with van der Waals surface area (Å²) < 4.78 is 13.1. The van der Waals surface area contributed by atoms with Crippen LogP contribution in [0, 0.1) is 5.82 Å². The molecule has 0 saturated carbocycles. The monoisotopic (exact) mass is 252 g/mol. The molecule has 2 nitrogen and oxygen atoms in total. The first-order valence-electron chi connectivity index (χ1n) is 6.59. The minimum atomic E-state index is -0.217. The van der Waals surface area contributed by atoms with Crippen LogP contribution >= 0.6 is 0 Å². The fraction of sp³-hybridized carbons (Fsp3) is 0.600. The van der Waals surface area contributed by atoms with Crippen LogP contribution in [0.1, 0.15) is 45.2 Å². The smallest absolute Gasteiger partial charge is 0.123 e. The summed E-state index contributed by atoms with van der Waals surface area (Å²) in [6.45, 7) is 7.54. The normalized spacial score (nSPS) is 13.9. The highest BCUT2D eigenvalue weighted by Crippen LogP contribution is 2.20. The van der Waals surface area contributed by atoms with Gasteiger partial charge in [0.05, 0.1) is 0 Å². The van der Waals surface area contributed by atoms with Gasteiger partial charge in [0.1, 0.15) is 5.82 Å². The van der Waals surface area contributed by atoms with Gasteiger partial charge in [-0.15, -0.1) is 0 Å². The Hall–Kier alpha value is -0.930. The number of benzene rings is 1. The fourth-order valence-corrected chi connectivity index (χ4v) is 1.81. The van der Waals surface area contributed by atoms with E-state index in [1.165, 1.54) is 12.1 Å². The SMILES string of the molecule is CCC(C)(C)N(C)CCC(N)c1cccc(F)c1. The number of hydrogen-bond donors (Lipinski definition) is 1. The van der Waals surface area contributed by atoms with Crippen LogP contribution in [0.5, 0.6) is 0 Å². The molecule has 0 heterocycles. The van der Waals surface area contributed by atoms with Gasteiger partial charge in [0.2, 0.25) is 0 Å². The first-order chi connectivity index (χ1) is 8.36. The third-order valence-corrected chi connectivity index (χ3v) is 3.95. The molecule has 0 amide bonds. The first-order valence-corrected chi connectivity index (χ1v) is 6.59. The largest absolute Gasteiger partial charge is 0.324 e. The molecule has 0 saturated heterocycles. The van der Waals surface area contributed by atoms with Crippen LogP contribution in [0.2, 0.25) is 0 Å². The van der Waals surface area contributed by atoms with Crippen molar-refractivity contribution in [3.8, 4) is 0 Å². The standard InChI is InChI=1S/C15H25FN2/c1-5-15(2,3)18(4)10-9-14(17)12-7-6-8-13(16)11-12/h6-8,11,14H,5,9-10,17H2,1-4H3. The topological polar surface area (TPSA) is 29.3 Å². The van der Waals surface area contributed by atoms with Crippen molar-refractivity contribution >= 4 is 0 Å². The zero-order chi connectivity index (χ0) is 13.8. The van der Waals surface area contributed by atoms with E-state index in [1.807, 2.05) is 6.07 Å². The maximum absolute atomic E-state index is 13.1. The van der Waals surface area contributed by atoms with Gasteiger partial charge < -0.3 is 10.6 Å². The van der Waals surface area contributed by atoms with Crippen molar-refractivity contribution in [1.29, 1.82) is 0 Å². The predicted molar refractivity (Wildman–Crippen MR) is 74.9 cm³/mol. The molecule has 0 aliphatic rings. The lowest BCUT2D eigenvalue weighted by atomic mass is 9.98. The third-order valence-electron chi connectivity index (χ3n) is 3.95. The average molecular weight is 252 g/mol. The van der Waals surface area contributed by atoms with Crippen LogP contribution in [-0.2, 0) is 0 Å². The summed E-state index contributed by atoms with van der Waals surface area (Å²) in [7, 11) is 2.11. The molecule has 2 N–H and O–H groups in total. The molecular formula is C15H25FN2. The highest BCUT2D eigenvalue weighted by Gasteiger charge is 2.21. The molecule has 0 fully saturated rings. The minimum absolute atomic E-state index is 0.101. The Balaban J connectivity index is 2.54. The minimum Gasteiger partial charge on any atom is -0.324 e. The molecule has 0 aliphatic carbocycles.